The summed E-state index contributed by atoms with van der Waals surface area (Å²) in [4.78, 5) is 16.7. The molecule has 3 aromatic rings. The highest BCUT2D eigenvalue weighted by Gasteiger charge is 2.20. The second-order valence-electron chi connectivity index (χ2n) is 5.39. The van der Waals surface area contributed by atoms with Gasteiger partial charge >= 0.3 is 0 Å². The molecule has 5 nitrogen and oxygen atoms in total. The van der Waals surface area contributed by atoms with Crippen molar-refractivity contribution in [3.8, 4) is 0 Å². The summed E-state index contributed by atoms with van der Waals surface area (Å²) in [6, 6.07) is 13.3. The lowest BCUT2D eigenvalue weighted by Gasteiger charge is -2.19. The molecule has 0 aliphatic rings. The maximum atomic E-state index is 12.3. The van der Waals surface area contributed by atoms with Gasteiger partial charge in [0.15, 0.2) is 0 Å². The zero-order valence-electron chi connectivity index (χ0n) is 13.0. The second-order valence-corrected chi connectivity index (χ2v) is 5.39. The minimum absolute atomic E-state index is 0.0294. The summed E-state index contributed by atoms with van der Waals surface area (Å²) >= 11 is 0. The molecule has 1 N–H and O–H groups in total. The van der Waals surface area contributed by atoms with E-state index in [9.17, 15) is 4.79 Å². The molecule has 0 bridgehead atoms. The average molecular weight is 309 g/mol. The van der Waals surface area contributed by atoms with Crippen LogP contribution in [-0.4, -0.2) is 15.5 Å². The van der Waals surface area contributed by atoms with Crippen molar-refractivity contribution < 1.29 is 9.21 Å². The van der Waals surface area contributed by atoms with Crippen molar-refractivity contribution in [3.63, 3.8) is 0 Å². The van der Waals surface area contributed by atoms with Gasteiger partial charge in [0.05, 0.1) is 6.26 Å². The van der Waals surface area contributed by atoms with Gasteiger partial charge in [0.1, 0.15) is 17.6 Å². The number of carbonyl (C=O) groups excluding carboxylic acids is 1. The van der Waals surface area contributed by atoms with E-state index < -0.39 is 0 Å². The average Bonchev–Trinajstić information content (AvgIpc) is 3.23. The maximum absolute atomic E-state index is 12.3. The number of imidazole rings is 1. The molecule has 0 fully saturated rings. The van der Waals surface area contributed by atoms with Crippen molar-refractivity contribution >= 4 is 5.91 Å². The summed E-state index contributed by atoms with van der Waals surface area (Å²) in [5, 5.41) is 3.08. The lowest BCUT2D eigenvalue weighted by atomic mass is 10.1. The van der Waals surface area contributed by atoms with Crippen LogP contribution < -0.4 is 5.32 Å². The fourth-order valence-electron chi connectivity index (χ4n) is 2.52. The summed E-state index contributed by atoms with van der Waals surface area (Å²) in [7, 11) is 1.92. The molecule has 0 aliphatic carbocycles. The number of rotatable bonds is 6. The largest absolute Gasteiger partial charge is 0.469 e. The number of benzene rings is 1. The van der Waals surface area contributed by atoms with Gasteiger partial charge in [-0.15, -0.1) is 0 Å². The Morgan fingerprint density at radius 3 is 2.74 bits per heavy atom. The van der Waals surface area contributed by atoms with Crippen molar-refractivity contribution in [3.05, 3.63) is 78.3 Å². The van der Waals surface area contributed by atoms with Gasteiger partial charge in [-0.1, -0.05) is 30.3 Å². The van der Waals surface area contributed by atoms with Gasteiger partial charge in [-0.3, -0.25) is 4.79 Å². The number of hydrogen-bond donors (Lipinski definition) is 1. The first-order valence-corrected chi connectivity index (χ1v) is 7.58. The van der Waals surface area contributed by atoms with Crippen LogP contribution in [0.25, 0.3) is 0 Å². The zero-order chi connectivity index (χ0) is 16.1. The van der Waals surface area contributed by atoms with Crippen molar-refractivity contribution in [1.82, 2.24) is 14.9 Å². The highest BCUT2D eigenvalue weighted by atomic mass is 16.3. The lowest BCUT2D eigenvalue weighted by Crippen LogP contribution is -2.31. The molecule has 3 rings (SSSR count). The Bertz CT molecular complexity index is 748. The monoisotopic (exact) mass is 309 g/mol. The summed E-state index contributed by atoms with van der Waals surface area (Å²) < 4.78 is 7.19. The van der Waals surface area contributed by atoms with Crippen LogP contribution in [0, 0.1) is 0 Å². The number of aryl methyl sites for hydroxylation is 2. The fraction of sp³-hybridized carbons (Fsp3) is 0.222. The molecule has 0 saturated heterocycles. The Balaban J connectivity index is 1.74. The van der Waals surface area contributed by atoms with Crippen LogP contribution in [0.15, 0.2) is 65.5 Å². The van der Waals surface area contributed by atoms with E-state index >= 15 is 0 Å². The molecule has 0 spiro atoms. The molecule has 0 radical (unpaired) electrons. The number of nitrogens with zero attached hydrogens (tertiary/aromatic N) is 2. The molecule has 1 unspecified atom stereocenters. The number of nitrogens with one attached hydrogen (secondary N) is 1. The standard InChI is InChI=1S/C18H19N3O2/c1-21-12-11-19-18(21)17(14-6-3-2-4-7-14)20-16(22)10-9-15-8-5-13-23-15/h2-8,11-13,17H,9-10H2,1H3,(H,20,22). The second kappa shape index (κ2) is 6.96. The minimum Gasteiger partial charge on any atom is -0.469 e. The Morgan fingerprint density at radius 1 is 1.26 bits per heavy atom. The van der Waals surface area contributed by atoms with Gasteiger partial charge < -0.3 is 14.3 Å². The van der Waals surface area contributed by atoms with Crippen molar-refractivity contribution in [2.45, 2.75) is 18.9 Å². The predicted molar refractivity (Wildman–Crippen MR) is 86.7 cm³/mol. The summed E-state index contributed by atoms with van der Waals surface area (Å²) in [6.45, 7) is 0. The van der Waals surface area contributed by atoms with E-state index in [1.807, 2.05) is 60.3 Å². The number of furan rings is 1. The van der Waals surface area contributed by atoms with Crippen LogP contribution >= 0.6 is 0 Å². The molecule has 1 aromatic carbocycles. The first kappa shape index (κ1) is 15.1. The van der Waals surface area contributed by atoms with Crippen LogP contribution in [0.3, 0.4) is 0 Å². The third-order valence-electron chi connectivity index (χ3n) is 3.73. The van der Waals surface area contributed by atoms with Crippen LogP contribution in [0.4, 0.5) is 0 Å². The Hall–Kier alpha value is -2.82. The molecule has 2 heterocycles. The summed E-state index contributed by atoms with van der Waals surface area (Å²) in [5.41, 5.74) is 1.01. The van der Waals surface area contributed by atoms with Crippen LogP contribution in [-0.2, 0) is 18.3 Å². The molecule has 0 saturated carbocycles. The summed E-state index contributed by atoms with van der Waals surface area (Å²) in [5.74, 6) is 1.59. The molecule has 5 heteroatoms. The maximum Gasteiger partial charge on any atom is 0.221 e. The fourth-order valence-corrected chi connectivity index (χ4v) is 2.52. The van der Waals surface area contributed by atoms with Crippen molar-refractivity contribution in [1.29, 1.82) is 0 Å². The number of aromatic nitrogens is 2. The van der Waals surface area contributed by atoms with Crippen LogP contribution in [0.5, 0.6) is 0 Å². The van der Waals surface area contributed by atoms with E-state index in [1.165, 1.54) is 0 Å². The highest BCUT2D eigenvalue weighted by molar-refractivity contribution is 5.77. The predicted octanol–water partition coefficient (Wildman–Crippen LogP) is 2.85. The third kappa shape index (κ3) is 3.69. The van der Waals surface area contributed by atoms with E-state index in [-0.39, 0.29) is 11.9 Å². The molecule has 1 amide bonds. The molecular weight excluding hydrogens is 290 g/mol. The zero-order valence-corrected chi connectivity index (χ0v) is 13.0. The first-order chi connectivity index (χ1) is 11.2. The molecular formula is C18H19N3O2. The Kier molecular flexibility index (Phi) is 4.57. The van der Waals surface area contributed by atoms with Crippen LogP contribution in [0.2, 0.25) is 0 Å². The number of hydrogen-bond acceptors (Lipinski definition) is 3. The van der Waals surface area contributed by atoms with E-state index in [4.69, 9.17) is 4.42 Å². The van der Waals surface area contributed by atoms with Gasteiger partial charge in [-0.05, 0) is 17.7 Å². The smallest absolute Gasteiger partial charge is 0.221 e. The lowest BCUT2D eigenvalue weighted by molar-refractivity contribution is -0.121. The van der Waals surface area contributed by atoms with E-state index in [2.05, 4.69) is 10.3 Å². The quantitative estimate of drug-likeness (QED) is 0.761. The van der Waals surface area contributed by atoms with E-state index in [1.54, 1.807) is 12.5 Å². The number of carbonyl (C=O) groups is 1. The van der Waals surface area contributed by atoms with Crippen LogP contribution in [0.1, 0.15) is 29.6 Å². The molecule has 118 valence electrons. The first-order valence-electron chi connectivity index (χ1n) is 7.58. The van der Waals surface area contributed by atoms with E-state index in [0.717, 1.165) is 17.1 Å². The topological polar surface area (TPSA) is 60.1 Å². The molecule has 0 aliphatic heterocycles. The van der Waals surface area contributed by atoms with E-state index in [0.29, 0.717) is 12.8 Å². The van der Waals surface area contributed by atoms with Gasteiger partial charge in [-0.25, -0.2) is 4.98 Å². The van der Waals surface area contributed by atoms with Gasteiger partial charge in [0, 0.05) is 32.3 Å². The Morgan fingerprint density at radius 2 is 2.09 bits per heavy atom. The van der Waals surface area contributed by atoms with Crippen molar-refractivity contribution in [2.75, 3.05) is 0 Å². The third-order valence-corrected chi connectivity index (χ3v) is 3.73. The van der Waals surface area contributed by atoms with Gasteiger partial charge in [-0.2, -0.15) is 0 Å². The highest BCUT2D eigenvalue weighted by Crippen LogP contribution is 2.20. The minimum atomic E-state index is -0.264. The molecule has 2 aromatic heterocycles. The summed E-state index contributed by atoms with van der Waals surface area (Å²) in [6.07, 6.45) is 6.19. The normalized spacial score (nSPS) is 12.0. The van der Waals surface area contributed by atoms with Crippen molar-refractivity contribution in [2.24, 2.45) is 7.05 Å². The molecule has 1 atom stereocenters. The van der Waals surface area contributed by atoms with Gasteiger partial charge in [0.2, 0.25) is 5.91 Å². The molecule has 23 heavy (non-hydrogen) atoms. The number of amides is 1. The SMILES string of the molecule is Cn1ccnc1C(NC(=O)CCc1ccco1)c1ccccc1. The Labute approximate surface area is 135 Å². The van der Waals surface area contributed by atoms with Gasteiger partial charge in [0.25, 0.3) is 0 Å².